The fourth-order valence-corrected chi connectivity index (χ4v) is 1.76. The summed E-state index contributed by atoms with van der Waals surface area (Å²) in [5.41, 5.74) is 1.93. The number of hydrogen-bond acceptors (Lipinski definition) is 5. The topological polar surface area (TPSA) is 56.3 Å². The molecule has 1 heterocycles. The molecule has 0 fully saturated rings. The van der Waals surface area contributed by atoms with Crippen LogP contribution in [-0.4, -0.2) is 24.2 Å². The standard InChI is InChI=1S/C14H17N3O2/c1-18-9-12-7-14(17-10-16-12)15-8-11-5-3-4-6-13(11)19-2/h3-7,10H,8-9H2,1-2H3,(H,15,16,17). The molecule has 2 aromatic rings. The zero-order valence-corrected chi connectivity index (χ0v) is 11.1. The van der Waals surface area contributed by atoms with Crippen molar-refractivity contribution in [2.45, 2.75) is 13.2 Å². The second kappa shape index (κ2) is 6.70. The molecule has 100 valence electrons. The fraction of sp³-hybridized carbons (Fsp3) is 0.286. The number of nitrogens with zero attached hydrogens (tertiary/aromatic N) is 2. The van der Waals surface area contributed by atoms with Gasteiger partial charge in [-0.1, -0.05) is 18.2 Å². The van der Waals surface area contributed by atoms with E-state index in [9.17, 15) is 0 Å². The highest BCUT2D eigenvalue weighted by atomic mass is 16.5. The van der Waals surface area contributed by atoms with E-state index in [1.807, 2.05) is 30.3 Å². The van der Waals surface area contributed by atoms with Gasteiger partial charge in [0.2, 0.25) is 0 Å². The van der Waals surface area contributed by atoms with Gasteiger partial charge in [0.05, 0.1) is 19.4 Å². The van der Waals surface area contributed by atoms with Crippen molar-refractivity contribution >= 4 is 5.82 Å². The first-order valence-corrected chi connectivity index (χ1v) is 5.99. The molecule has 0 amide bonds. The van der Waals surface area contributed by atoms with Crippen molar-refractivity contribution in [2.24, 2.45) is 0 Å². The monoisotopic (exact) mass is 259 g/mol. The van der Waals surface area contributed by atoms with Crippen LogP contribution >= 0.6 is 0 Å². The molecule has 0 saturated heterocycles. The summed E-state index contributed by atoms with van der Waals surface area (Å²) in [4.78, 5) is 8.29. The summed E-state index contributed by atoms with van der Waals surface area (Å²) in [6.45, 7) is 1.12. The van der Waals surface area contributed by atoms with E-state index < -0.39 is 0 Å². The third-order valence-electron chi connectivity index (χ3n) is 2.67. The van der Waals surface area contributed by atoms with Crippen molar-refractivity contribution in [2.75, 3.05) is 19.5 Å². The lowest BCUT2D eigenvalue weighted by molar-refractivity contribution is 0.181. The quantitative estimate of drug-likeness (QED) is 0.862. The molecule has 0 aliphatic rings. The van der Waals surface area contributed by atoms with Crippen molar-refractivity contribution in [3.8, 4) is 5.75 Å². The van der Waals surface area contributed by atoms with Crippen LogP contribution in [0.3, 0.4) is 0 Å². The highest BCUT2D eigenvalue weighted by Crippen LogP contribution is 2.18. The number of nitrogens with one attached hydrogen (secondary N) is 1. The van der Waals surface area contributed by atoms with Gasteiger partial charge in [0.25, 0.3) is 0 Å². The highest BCUT2D eigenvalue weighted by Gasteiger charge is 2.03. The lowest BCUT2D eigenvalue weighted by Crippen LogP contribution is -2.04. The maximum absolute atomic E-state index is 5.30. The number of aromatic nitrogens is 2. The largest absolute Gasteiger partial charge is 0.496 e. The minimum absolute atomic E-state index is 0.478. The number of methoxy groups -OCH3 is 2. The van der Waals surface area contributed by atoms with Crippen LogP contribution < -0.4 is 10.1 Å². The third-order valence-corrected chi connectivity index (χ3v) is 2.67. The fourth-order valence-electron chi connectivity index (χ4n) is 1.76. The second-order valence-corrected chi connectivity index (χ2v) is 3.99. The van der Waals surface area contributed by atoms with Crippen LogP contribution in [-0.2, 0) is 17.9 Å². The maximum Gasteiger partial charge on any atom is 0.129 e. The van der Waals surface area contributed by atoms with Crippen LogP contribution in [0.25, 0.3) is 0 Å². The molecular formula is C14H17N3O2. The number of rotatable bonds is 6. The van der Waals surface area contributed by atoms with Gasteiger partial charge in [-0.05, 0) is 6.07 Å². The summed E-state index contributed by atoms with van der Waals surface area (Å²) in [7, 11) is 3.31. The van der Waals surface area contributed by atoms with Crippen molar-refractivity contribution in [3.63, 3.8) is 0 Å². The number of anilines is 1. The van der Waals surface area contributed by atoms with Crippen LogP contribution in [0.4, 0.5) is 5.82 Å². The van der Waals surface area contributed by atoms with Crippen LogP contribution in [0.1, 0.15) is 11.3 Å². The zero-order chi connectivity index (χ0) is 13.5. The summed E-state index contributed by atoms with van der Waals surface area (Å²) in [6.07, 6.45) is 1.53. The van der Waals surface area contributed by atoms with Gasteiger partial charge in [-0.25, -0.2) is 9.97 Å². The zero-order valence-electron chi connectivity index (χ0n) is 11.1. The predicted molar refractivity (Wildman–Crippen MR) is 73.1 cm³/mol. The second-order valence-electron chi connectivity index (χ2n) is 3.99. The van der Waals surface area contributed by atoms with E-state index in [4.69, 9.17) is 9.47 Å². The smallest absolute Gasteiger partial charge is 0.129 e. The first kappa shape index (κ1) is 13.3. The maximum atomic E-state index is 5.30. The van der Waals surface area contributed by atoms with Crippen molar-refractivity contribution < 1.29 is 9.47 Å². The number of ether oxygens (including phenoxy) is 2. The average molecular weight is 259 g/mol. The van der Waals surface area contributed by atoms with Crippen LogP contribution in [0.2, 0.25) is 0 Å². The molecule has 0 atom stereocenters. The van der Waals surface area contributed by atoms with Crippen molar-refractivity contribution in [1.29, 1.82) is 0 Å². The van der Waals surface area contributed by atoms with E-state index >= 15 is 0 Å². The molecule has 0 radical (unpaired) electrons. The van der Waals surface area contributed by atoms with E-state index in [0.29, 0.717) is 13.2 Å². The Labute approximate surface area is 112 Å². The lowest BCUT2D eigenvalue weighted by atomic mass is 10.2. The Bertz CT molecular complexity index is 532. The number of para-hydroxylation sites is 1. The van der Waals surface area contributed by atoms with E-state index in [2.05, 4.69) is 15.3 Å². The Kier molecular flexibility index (Phi) is 4.69. The third kappa shape index (κ3) is 3.66. The Morgan fingerprint density at radius 3 is 2.79 bits per heavy atom. The van der Waals surface area contributed by atoms with Gasteiger partial charge in [0, 0.05) is 25.3 Å². The van der Waals surface area contributed by atoms with E-state index in [0.717, 1.165) is 22.8 Å². The van der Waals surface area contributed by atoms with Crippen molar-refractivity contribution in [3.05, 3.63) is 47.9 Å². The van der Waals surface area contributed by atoms with Gasteiger partial charge in [0.15, 0.2) is 0 Å². The highest BCUT2D eigenvalue weighted by molar-refractivity contribution is 5.40. The Morgan fingerprint density at radius 1 is 1.16 bits per heavy atom. The molecule has 0 aliphatic carbocycles. The molecule has 0 bridgehead atoms. The van der Waals surface area contributed by atoms with Crippen LogP contribution in [0, 0.1) is 0 Å². The first-order valence-electron chi connectivity index (χ1n) is 5.99. The molecule has 1 aromatic carbocycles. The SMILES string of the molecule is COCc1cc(NCc2ccccc2OC)ncn1. The normalized spacial score (nSPS) is 10.2. The number of hydrogen-bond donors (Lipinski definition) is 1. The Hall–Kier alpha value is -2.14. The molecule has 5 heteroatoms. The molecule has 0 spiro atoms. The molecule has 1 aromatic heterocycles. The van der Waals surface area contributed by atoms with Crippen LogP contribution in [0.15, 0.2) is 36.7 Å². The lowest BCUT2D eigenvalue weighted by Gasteiger charge is -2.10. The van der Waals surface area contributed by atoms with E-state index in [1.54, 1.807) is 14.2 Å². The summed E-state index contributed by atoms with van der Waals surface area (Å²) in [6, 6.07) is 9.76. The first-order chi connectivity index (χ1) is 9.33. The summed E-state index contributed by atoms with van der Waals surface area (Å²) >= 11 is 0. The molecule has 0 aliphatic heterocycles. The molecular weight excluding hydrogens is 242 g/mol. The molecule has 0 unspecified atom stereocenters. The summed E-state index contributed by atoms with van der Waals surface area (Å²) in [5, 5.41) is 3.25. The van der Waals surface area contributed by atoms with Crippen molar-refractivity contribution in [1.82, 2.24) is 9.97 Å². The van der Waals surface area contributed by atoms with E-state index in [-0.39, 0.29) is 0 Å². The van der Waals surface area contributed by atoms with Gasteiger partial charge >= 0.3 is 0 Å². The van der Waals surface area contributed by atoms with E-state index in [1.165, 1.54) is 6.33 Å². The molecule has 2 rings (SSSR count). The van der Waals surface area contributed by atoms with Gasteiger partial charge in [-0.2, -0.15) is 0 Å². The minimum atomic E-state index is 0.478. The van der Waals surface area contributed by atoms with Gasteiger partial charge in [0.1, 0.15) is 17.9 Å². The Morgan fingerprint density at radius 2 is 2.00 bits per heavy atom. The molecule has 5 nitrogen and oxygen atoms in total. The summed E-state index contributed by atoms with van der Waals surface area (Å²) in [5.74, 6) is 1.63. The molecule has 1 N–H and O–H groups in total. The summed E-state index contributed by atoms with van der Waals surface area (Å²) < 4.78 is 10.3. The van der Waals surface area contributed by atoms with Gasteiger partial charge in [-0.3, -0.25) is 0 Å². The van der Waals surface area contributed by atoms with Gasteiger partial charge < -0.3 is 14.8 Å². The van der Waals surface area contributed by atoms with Gasteiger partial charge in [-0.15, -0.1) is 0 Å². The molecule has 19 heavy (non-hydrogen) atoms. The van der Waals surface area contributed by atoms with Crippen LogP contribution in [0.5, 0.6) is 5.75 Å². The molecule has 0 saturated carbocycles. The average Bonchev–Trinajstić information content (AvgIpc) is 2.46. The minimum Gasteiger partial charge on any atom is -0.496 e. The predicted octanol–water partition coefficient (Wildman–Crippen LogP) is 2.24. The Balaban J connectivity index is 2.03. The number of benzene rings is 1.